The summed E-state index contributed by atoms with van der Waals surface area (Å²) < 4.78 is 5.52. The molecular weight excluding hydrogens is 1010 g/mol. The highest BCUT2D eigenvalue weighted by atomic mass is 16.5. The molecule has 0 aliphatic rings. The molecule has 2 atom stereocenters. The lowest BCUT2D eigenvalue weighted by atomic mass is 10.0. The highest BCUT2D eigenvalue weighted by Gasteiger charge is 2.18. The lowest BCUT2D eigenvalue weighted by Crippen LogP contribution is -2.45. The molecule has 0 aliphatic heterocycles. The van der Waals surface area contributed by atoms with Gasteiger partial charge in [-0.25, -0.2) is 0 Å². The molecule has 0 saturated carbocycles. The van der Waals surface area contributed by atoms with E-state index in [4.69, 9.17) is 4.74 Å². The summed E-state index contributed by atoms with van der Waals surface area (Å²) in [6, 6.07) is -0.627. The van der Waals surface area contributed by atoms with Gasteiger partial charge in [0, 0.05) is 12.8 Å². The molecule has 0 saturated heterocycles. The summed E-state index contributed by atoms with van der Waals surface area (Å²) >= 11 is 0. The lowest BCUT2D eigenvalue weighted by molar-refractivity contribution is -0.143. The van der Waals surface area contributed by atoms with Gasteiger partial charge in [-0.15, -0.1) is 0 Å². The van der Waals surface area contributed by atoms with Crippen LogP contribution in [0.15, 0.2) is 12.2 Å². The van der Waals surface area contributed by atoms with Gasteiger partial charge in [-0.3, -0.25) is 9.59 Å². The summed E-state index contributed by atoms with van der Waals surface area (Å²) in [5.41, 5.74) is 0. The van der Waals surface area contributed by atoms with Crippen molar-refractivity contribution in [1.29, 1.82) is 0 Å². The quantitative estimate of drug-likeness (QED) is 0.0320. The fraction of sp³-hybridized carbons (Fsp3) is 0.947. The number of carbonyl (C=O) groups excluding carboxylic acids is 2. The zero-order chi connectivity index (χ0) is 59.2. The number of amides is 1. The molecule has 2 unspecified atom stereocenters. The molecule has 0 rings (SSSR count). The van der Waals surface area contributed by atoms with E-state index >= 15 is 0 Å². The van der Waals surface area contributed by atoms with Crippen LogP contribution in [0.3, 0.4) is 0 Å². The van der Waals surface area contributed by atoms with Crippen molar-refractivity contribution in [3.8, 4) is 0 Å². The molecule has 488 valence electrons. The summed E-state index contributed by atoms with van der Waals surface area (Å²) in [6.07, 6.45) is 90.2. The predicted molar refractivity (Wildman–Crippen MR) is 361 cm³/mol. The fourth-order valence-electron chi connectivity index (χ4n) is 12.3. The molecule has 0 spiro atoms. The van der Waals surface area contributed by atoms with Gasteiger partial charge < -0.3 is 20.3 Å². The van der Waals surface area contributed by atoms with E-state index in [0.29, 0.717) is 19.4 Å². The number of carbonyl (C=O) groups is 2. The Morgan fingerprint density at radius 2 is 0.561 bits per heavy atom. The van der Waals surface area contributed by atoms with Gasteiger partial charge >= 0.3 is 5.97 Å². The monoisotopic (exact) mass is 1160 g/mol. The summed E-state index contributed by atoms with van der Waals surface area (Å²) in [6.45, 7) is 4.96. The van der Waals surface area contributed by atoms with Crippen molar-refractivity contribution in [1.82, 2.24) is 5.32 Å². The summed E-state index contributed by atoms with van der Waals surface area (Å²) in [5.74, 6) is -0.0393. The molecular formula is C76H149NO5. The molecule has 6 nitrogen and oxygen atoms in total. The van der Waals surface area contributed by atoms with Crippen molar-refractivity contribution in [2.75, 3.05) is 13.2 Å². The maximum absolute atomic E-state index is 12.5. The first-order chi connectivity index (χ1) is 40.5. The van der Waals surface area contributed by atoms with Gasteiger partial charge in [-0.1, -0.05) is 405 Å². The zero-order valence-electron chi connectivity index (χ0n) is 56.0. The van der Waals surface area contributed by atoms with E-state index in [1.165, 1.54) is 372 Å². The molecule has 0 aromatic heterocycles. The molecule has 0 radical (unpaired) electrons. The number of rotatable bonds is 72. The molecule has 3 N–H and O–H groups in total. The Morgan fingerprint density at radius 1 is 0.329 bits per heavy atom. The SMILES string of the molecule is CCCCCCCCCCCCCCCCCCCCCC/C=C/C(O)C(CO)NC(=O)CCCCCCCCCCCCCCCCCCCCCCCCCCCOC(=O)CCCCCCCCCCCCCCCCCCCC. The number of aliphatic hydroxyl groups is 2. The van der Waals surface area contributed by atoms with E-state index in [2.05, 4.69) is 19.2 Å². The van der Waals surface area contributed by atoms with Crippen molar-refractivity contribution < 1.29 is 24.5 Å². The minimum atomic E-state index is -0.844. The molecule has 0 fully saturated rings. The van der Waals surface area contributed by atoms with Gasteiger partial charge in [0.2, 0.25) is 5.91 Å². The number of hydrogen-bond acceptors (Lipinski definition) is 5. The molecule has 0 aromatic carbocycles. The molecule has 0 heterocycles. The highest BCUT2D eigenvalue weighted by molar-refractivity contribution is 5.76. The maximum Gasteiger partial charge on any atom is 0.305 e. The Bertz CT molecular complexity index is 1240. The van der Waals surface area contributed by atoms with Crippen LogP contribution < -0.4 is 5.32 Å². The number of aliphatic hydroxyl groups excluding tert-OH is 2. The summed E-state index contributed by atoms with van der Waals surface area (Å²) in [4.78, 5) is 24.7. The van der Waals surface area contributed by atoms with Crippen LogP contribution in [0.1, 0.15) is 438 Å². The second-order valence-electron chi connectivity index (χ2n) is 26.4. The van der Waals surface area contributed by atoms with Crippen LogP contribution in [-0.2, 0) is 14.3 Å². The van der Waals surface area contributed by atoms with Crippen LogP contribution in [0, 0.1) is 0 Å². The molecule has 82 heavy (non-hydrogen) atoms. The Labute approximate surface area is 514 Å². The third kappa shape index (κ3) is 67.7. The molecule has 0 bridgehead atoms. The van der Waals surface area contributed by atoms with Crippen molar-refractivity contribution in [3.63, 3.8) is 0 Å². The van der Waals surface area contributed by atoms with Gasteiger partial charge in [0.15, 0.2) is 0 Å². The molecule has 6 heteroatoms. The second-order valence-corrected chi connectivity index (χ2v) is 26.4. The van der Waals surface area contributed by atoms with E-state index in [1.54, 1.807) is 6.08 Å². The van der Waals surface area contributed by atoms with Crippen molar-refractivity contribution in [2.45, 2.75) is 450 Å². The second kappa shape index (κ2) is 72.1. The van der Waals surface area contributed by atoms with Crippen molar-refractivity contribution >= 4 is 11.9 Å². The standard InChI is InChI=1S/C76H149NO5/c1-3-5-7-9-11-13-15-17-19-21-23-24-30-33-36-40-44-48-52-56-60-64-68-74(79)73(72-78)77-75(80)69-65-61-57-53-49-45-41-37-34-31-28-26-25-27-29-32-35-39-43-47-51-55-59-63-67-71-82-76(81)70-66-62-58-54-50-46-42-38-22-20-18-16-14-12-10-8-6-4-2/h64,68,73-74,78-79H,3-63,65-67,69-72H2,1-2H3,(H,77,80)/b68-64+. The lowest BCUT2D eigenvalue weighted by Gasteiger charge is -2.20. The smallest absolute Gasteiger partial charge is 0.305 e. The minimum absolute atomic E-state index is 0.0217. The fourth-order valence-corrected chi connectivity index (χ4v) is 12.3. The van der Waals surface area contributed by atoms with Crippen molar-refractivity contribution in [3.05, 3.63) is 12.2 Å². The minimum Gasteiger partial charge on any atom is -0.466 e. The summed E-state index contributed by atoms with van der Waals surface area (Å²) in [5, 5.41) is 23.3. The van der Waals surface area contributed by atoms with Crippen LogP contribution in [0.2, 0.25) is 0 Å². The van der Waals surface area contributed by atoms with Crippen LogP contribution >= 0.6 is 0 Å². The number of esters is 1. The van der Waals surface area contributed by atoms with E-state index in [0.717, 1.165) is 38.5 Å². The molecule has 0 aromatic rings. The Hall–Kier alpha value is -1.40. The van der Waals surface area contributed by atoms with Crippen LogP contribution in [0.25, 0.3) is 0 Å². The first kappa shape index (κ1) is 80.6. The van der Waals surface area contributed by atoms with E-state index < -0.39 is 12.1 Å². The Morgan fingerprint density at radius 3 is 0.829 bits per heavy atom. The predicted octanol–water partition coefficient (Wildman–Crippen LogP) is 24.7. The Balaban J connectivity index is 3.36. The van der Waals surface area contributed by atoms with E-state index in [-0.39, 0.29) is 18.5 Å². The van der Waals surface area contributed by atoms with E-state index in [1.807, 2.05) is 6.08 Å². The third-order valence-electron chi connectivity index (χ3n) is 18.1. The average molecular weight is 1160 g/mol. The topological polar surface area (TPSA) is 95.9 Å². The highest BCUT2D eigenvalue weighted by Crippen LogP contribution is 2.20. The van der Waals surface area contributed by atoms with Gasteiger partial charge in [0.25, 0.3) is 0 Å². The number of unbranched alkanes of at least 4 members (excludes halogenated alkanes) is 61. The first-order valence-electron chi connectivity index (χ1n) is 38.0. The van der Waals surface area contributed by atoms with Crippen LogP contribution in [0.4, 0.5) is 0 Å². The average Bonchev–Trinajstić information content (AvgIpc) is 3.48. The number of nitrogens with one attached hydrogen (secondary N) is 1. The Kier molecular flexibility index (Phi) is 70.8. The summed E-state index contributed by atoms with van der Waals surface area (Å²) in [7, 11) is 0. The van der Waals surface area contributed by atoms with Gasteiger partial charge in [-0.05, 0) is 32.1 Å². The van der Waals surface area contributed by atoms with Crippen molar-refractivity contribution in [2.24, 2.45) is 0 Å². The normalized spacial score (nSPS) is 12.5. The van der Waals surface area contributed by atoms with Crippen LogP contribution in [-0.4, -0.2) is 47.4 Å². The zero-order valence-corrected chi connectivity index (χ0v) is 56.0. The van der Waals surface area contributed by atoms with Gasteiger partial charge in [0.05, 0.1) is 25.4 Å². The molecule has 0 aliphatic carbocycles. The number of ether oxygens (including phenoxy) is 1. The van der Waals surface area contributed by atoms with E-state index in [9.17, 15) is 19.8 Å². The van der Waals surface area contributed by atoms with Crippen LogP contribution in [0.5, 0.6) is 0 Å². The number of allylic oxidation sites excluding steroid dienone is 1. The maximum atomic E-state index is 12.5. The number of hydrogen-bond donors (Lipinski definition) is 3. The largest absolute Gasteiger partial charge is 0.466 e. The molecule has 1 amide bonds. The van der Waals surface area contributed by atoms with Gasteiger partial charge in [-0.2, -0.15) is 0 Å². The third-order valence-corrected chi connectivity index (χ3v) is 18.1. The van der Waals surface area contributed by atoms with Gasteiger partial charge in [0.1, 0.15) is 0 Å². The first-order valence-corrected chi connectivity index (χ1v) is 38.0.